The van der Waals surface area contributed by atoms with E-state index in [1.165, 1.54) is 7.05 Å². The molecule has 1 aliphatic heterocycles. The molecule has 0 spiro atoms. The number of anilines is 3. The summed E-state index contributed by atoms with van der Waals surface area (Å²) in [4.78, 5) is 49.9. The van der Waals surface area contributed by atoms with Gasteiger partial charge in [0.05, 0.1) is 12.2 Å². The number of hydrogen-bond acceptors (Lipinski definition) is 9. The van der Waals surface area contributed by atoms with Gasteiger partial charge in [-0.25, -0.2) is 20.0 Å². The summed E-state index contributed by atoms with van der Waals surface area (Å²) in [5, 5.41) is 27.2. The summed E-state index contributed by atoms with van der Waals surface area (Å²) in [7, 11) is 1.27. The van der Waals surface area contributed by atoms with Crippen LogP contribution in [0.15, 0.2) is 79.3 Å². The van der Waals surface area contributed by atoms with Crippen LogP contribution in [0, 0.1) is 6.92 Å². The second-order valence-corrected chi connectivity index (χ2v) is 9.18. The molecule has 3 amide bonds. The van der Waals surface area contributed by atoms with Crippen LogP contribution in [-0.2, 0) is 16.1 Å². The lowest BCUT2D eigenvalue weighted by atomic mass is 10.1. The second-order valence-electron chi connectivity index (χ2n) is 9.18. The first kappa shape index (κ1) is 26.4. The molecule has 0 unspecified atom stereocenters. The molecule has 4 N–H and O–H groups in total. The maximum Gasteiger partial charge on any atom is 0.330 e. The van der Waals surface area contributed by atoms with Gasteiger partial charge in [-0.2, -0.15) is 0 Å². The third-order valence-electron chi connectivity index (χ3n) is 6.39. The zero-order valence-corrected chi connectivity index (χ0v) is 21.6. The maximum atomic E-state index is 12.9. The Morgan fingerprint density at radius 1 is 1.00 bits per heavy atom. The number of likely N-dealkylation sites (N-methyl/N-ethyl adjacent to an activating group) is 1. The number of nitrogens with zero attached hydrogens (tertiary/aromatic N) is 5. The molecule has 0 aliphatic carbocycles. The van der Waals surface area contributed by atoms with Gasteiger partial charge in [-0.15, -0.1) is 0 Å². The maximum absolute atomic E-state index is 12.9. The number of aromatic nitrogens is 3. The first-order valence-corrected chi connectivity index (χ1v) is 12.2. The van der Waals surface area contributed by atoms with E-state index in [1.807, 2.05) is 25.1 Å². The van der Waals surface area contributed by atoms with Gasteiger partial charge in [0.2, 0.25) is 5.95 Å². The van der Waals surface area contributed by atoms with E-state index in [0.717, 1.165) is 26.8 Å². The van der Waals surface area contributed by atoms with Crippen molar-refractivity contribution in [3.8, 4) is 11.3 Å². The van der Waals surface area contributed by atoms with E-state index in [2.05, 4.69) is 25.6 Å². The van der Waals surface area contributed by atoms with E-state index < -0.39 is 17.6 Å². The number of carbonyl (C=O) groups excluding carboxylic acids is 3. The number of carbonyl (C=O) groups is 3. The molecule has 12 nitrogen and oxygen atoms in total. The quantitative estimate of drug-likeness (QED) is 0.204. The fourth-order valence-corrected chi connectivity index (χ4v) is 4.11. The van der Waals surface area contributed by atoms with Crippen molar-refractivity contribution in [1.29, 1.82) is 0 Å². The van der Waals surface area contributed by atoms with Crippen molar-refractivity contribution in [2.24, 2.45) is 0 Å². The highest BCUT2D eigenvalue weighted by atomic mass is 16.5. The van der Waals surface area contributed by atoms with E-state index in [1.54, 1.807) is 61.1 Å². The van der Waals surface area contributed by atoms with Crippen molar-refractivity contribution in [2.45, 2.75) is 19.3 Å². The lowest BCUT2D eigenvalue weighted by Gasteiger charge is -2.23. The molecule has 4 aromatic rings. The standard InChI is InChI=1S/C28H25N7O5/c1-17-5-10-21(14-23(17)33-27-30-13-11-22(32-27)20-4-3-12-29-15-20)31-24(36)19-8-6-18(7-9-19)16-35-26(38)28(39,40)25(37)34(35)2/h3-15,39-40H,16H2,1-2H3,(H,31,36)(H,30,32,33). The number of nitrogens with one attached hydrogen (secondary N) is 2. The van der Waals surface area contributed by atoms with Gasteiger partial charge in [0.1, 0.15) is 0 Å². The van der Waals surface area contributed by atoms with Crippen LogP contribution in [0.1, 0.15) is 21.5 Å². The minimum Gasteiger partial charge on any atom is -0.351 e. The molecule has 12 heteroatoms. The smallest absolute Gasteiger partial charge is 0.330 e. The predicted octanol–water partition coefficient (Wildman–Crippen LogP) is 2.24. The van der Waals surface area contributed by atoms with Crippen LogP contribution in [0.2, 0.25) is 0 Å². The molecule has 5 rings (SSSR count). The zero-order valence-electron chi connectivity index (χ0n) is 21.6. The Kier molecular flexibility index (Phi) is 6.94. The molecule has 2 aromatic heterocycles. The van der Waals surface area contributed by atoms with E-state index in [4.69, 9.17) is 0 Å². The third-order valence-corrected chi connectivity index (χ3v) is 6.39. The predicted molar refractivity (Wildman–Crippen MR) is 145 cm³/mol. The molecule has 0 atom stereocenters. The number of hydrogen-bond donors (Lipinski definition) is 4. The normalized spacial score (nSPS) is 14.4. The topological polar surface area (TPSA) is 161 Å². The average molecular weight is 540 g/mol. The van der Waals surface area contributed by atoms with Gasteiger partial charge in [0.15, 0.2) is 0 Å². The zero-order chi connectivity index (χ0) is 28.4. The Bertz CT molecular complexity index is 1590. The highest BCUT2D eigenvalue weighted by Gasteiger charge is 2.55. The molecular formula is C28H25N7O5. The Morgan fingerprint density at radius 2 is 1.77 bits per heavy atom. The number of hydrazine groups is 1. The largest absolute Gasteiger partial charge is 0.351 e. The minimum absolute atomic E-state index is 0.0805. The molecule has 0 bridgehead atoms. The summed E-state index contributed by atoms with van der Waals surface area (Å²) < 4.78 is 0. The van der Waals surface area contributed by atoms with Crippen LogP contribution in [0.25, 0.3) is 11.3 Å². The SMILES string of the molecule is Cc1ccc(NC(=O)c2ccc(CN3C(=O)C(O)(O)C(=O)N3C)cc2)cc1Nc1nccc(-c2cccnc2)n1. The van der Waals surface area contributed by atoms with Gasteiger partial charge in [-0.3, -0.25) is 19.4 Å². The van der Waals surface area contributed by atoms with E-state index in [0.29, 0.717) is 28.5 Å². The van der Waals surface area contributed by atoms with Gasteiger partial charge in [-0.05, 0) is 60.5 Å². The number of aliphatic hydroxyl groups is 2. The molecule has 2 aromatic carbocycles. The van der Waals surface area contributed by atoms with E-state index in [9.17, 15) is 24.6 Å². The Labute approximate surface area is 228 Å². The van der Waals surface area contributed by atoms with Crippen LogP contribution in [0.4, 0.5) is 17.3 Å². The molecule has 1 aliphatic rings. The van der Waals surface area contributed by atoms with Gasteiger partial charge >= 0.3 is 17.6 Å². The number of rotatable bonds is 7. The van der Waals surface area contributed by atoms with Crippen LogP contribution in [0.5, 0.6) is 0 Å². The fourth-order valence-electron chi connectivity index (χ4n) is 4.11. The van der Waals surface area contributed by atoms with Crippen molar-refractivity contribution in [1.82, 2.24) is 25.0 Å². The van der Waals surface area contributed by atoms with Crippen molar-refractivity contribution in [3.05, 3.63) is 95.9 Å². The molecule has 1 saturated heterocycles. The first-order chi connectivity index (χ1) is 19.1. The van der Waals surface area contributed by atoms with E-state index in [-0.39, 0.29) is 12.5 Å². The summed E-state index contributed by atoms with van der Waals surface area (Å²) in [5.41, 5.74) is 4.71. The van der Waals surface area contributed by atoms with Crippen LogP contribution in [0.3, 0.4) is 0 Å². The minimum atomic E-state index is -3.08. The number of pyridine rings is 1. The average Bonchev–Trinajstić information content (AvgIpc) is 3.10. The monoisotopic (exact) mass is 539 g/mol. The van der Waals surface area contributed by atoms with Crippen molar-refractivity contribution >= 4 is 35.0 Å². The number of aryl methyl sites for hydroxylation is 1. The Morgan fingerprint density at radius 3 is 2.45 bits per heavy atom. The summed E-state index contributed by atoms with van der Waals surface area (Å²) >= 11 is 0. The summed E-state index contributed by atoms with van der Waals surface area (Å²) in [5.74, 6) is -5.31. The fraction of sp³-hybridized carbons (Fsp3) is 0.143. The van der Waals surface area contributed by atoms with Gasteiger partial charge < -0.3 is 20.8 Å². The lowest BCUT2D eigenvalue weighted by Crippen LogP contribution is -2.43. The molecule has 3 heterocycles. The molecule has 40 heavy (non-hydrogen) atoms. The Balaban J connectivity index is 1.26. The van der Waals surface area contributed by atoms with Crippen LogP contribution >= 0.6 is 0 Å². The highest BCUT2D eigenvalue weighted by molar-refractivity contribution is 6.10. The van der Waals surface area contributed by atoms with Crippen molar-refractivity contribution in [3.63, 3.8) is 0 Å². The summed E-state index contributed by atoms with van der Waals surface area (Å²) in [6.45, 7) is 1.84. The lowest BCUT2D eigenvalue weighted by molar-refractivity contribution is -0.186. The summed E-state index contributed by atoms with van der Waals surface area (Å²) in [6.07, 6.45) is 5.07. The van der Waals surface area contributed by atoms with Gasteiger partial charge in [0.25, 0.3) is 5.91 Å². The van der Waals surface area contributed by atoms with E-state index >= 15 is 0 Å². The summed E-state index contributed by atoms with van der Waals surface area (Å²) in [6, 6.07) is 17.3. The Hall–Kier alpha value is -5.20. The first-order valence-electron chi connectivity index (χ1n) is 12.2. The second kappa shape index (κ2) is 10.5. The van der Waals surface area contributed by atoms with Crippen molar-refractivity contribution < 1.29 is 24.6 Å². The number of benzene rings is 2. The van der Waals surface area contributed by atoms with Crippen LogP contribution in [-0.4, -0.2) is 65.7 Å². The molecule has 202 valence electrons. The molecule has 0 radical (unpaired) electrons. The van der Waals surface area contributed by atoms with Crippen molar-refractivity contribution in [2.75, 3.05) is 17.7 Å². The molecule has 0 saturated carbocycles. The highest BCUT2D eigenvalue weighted by Crippen LogP contribution is 2.25. The molecular weight excluding hydrogens is 514 g/mol. The van der Waals surface area contributed by atoms with Gasteiger partial charge in [0, 0.05) is 48.1 Å². The van der Waals surface area contributed by atoms with Gasteiger partial charge in [-0.1, -0.05) is 18.2 Å². The van der Waals surface area contributed by atoms with Crippen LogP contribution < -0.4 is 10.6 Å². The molecule has 1 fully saturated rings. The third kappa shape index (κ3) is 5.21. The number of amides is 3.